The summed E-state index contributed by atoms with van der Waals surface area (Å²) in [6.45, 7) is 0. The highest BCUT2D eigenvalue weighted by molar-refractivity contribution is 5.08. The third-order valence-corrected chi connectivity index (χ3v) is 0.787. The first kappa shape index (κ1) is 4.89. The maximum absolute atomic E-state index is 10.4. The van der Waals surface area contributed by atoms with Crippen LogP contribution in [0.25, 0.3) is 0 Å². The van der Waals surface area contributed by atoms with Gasteiger partial charge in [0, 0.05) is 7.05 Å². The largest absolute Gasteiger partial charge is 0.368 e. The summed E-state index contributed by atoms with van der Waals surface area (Å²) in [4.78, 5) is 12.7. The number of aryl methyl sites for hydroxylation is 1. The molecule has 8 heavy (non-hydrogen) atoms. The third-order valence-electron chi connectivity index (χ3n) is 0.787. The van der Waals surface area contributed by atoms with Crippen LogP contribution in [0, 0.1) is 0 Å². The molecule has 1 aromatic rings. The molecule has 5 nitrogen and oxygen atoms in total. The molecule has 0 bridgehead atoms. The van der Waals surface area contributed by atoms with Crippen molar-refractivity contribution in [2.24, 2.45) is 7.05 Å². The van der Waals surface area contributed by atoms with E-state index in [0.717, 1.165) is 4.68 Å². The highest BCUT2D eigenvalue weighted by atomic mass is 16.1. The highest BCUT2D eigenvalue weighted by Crippen LogP contribution is 1.76. The average Bonchev–Trinajstić information content (AvgIpc) is 1.85. The number of nitrogens with two attached hydrogens (primary N) is 1. The van der Waals surface area contributed by atoms with E-state index in [1.54, 1.807) is 0 Å². The quantitative estimate of drug-likeness (QED) is 0.439. The summed E-state index contributed by atoms with van der Waals surface area (Å²) in [5.41, 5.74) is 4.80. The van der Waals surface area contributed by atoms with Crippen molar-refractivity contribution >= 4 is 5.95 Å². The van der Waals surface area contributed by atoms with Crippen molar-refractivity contribution in [3.8, 4) is 0 Å². The highest BCUT2D eigenvalue weighted by Gasteiger charge is 1.91. The van der Waals surface area contributed by atoms with Crippen LogP contribution in [0.2, 0.25) is 0 Å². The Labute approximate surface area is 45.1 Å². The van der Waals surface area contributed by atoms with E-state index in [0.29, 0.717) is 0 Å². The van der Waals surface area contributed by atoms with Crippen LogP contribution in [0.1, 0.15) is 0 Å². The lowest BCUT2D eigenvalue weighted by atomic mass is 11.1. The van der Waals surface area contributed by atoms with Crippen molar-refractivity contribution in [2.75, 3.05) is 5.73 Å². The third kappa shape index (κ3) is 0.575. The van der Waals surface area contributed by atoms with Crippen LogP contribution < -0.4 is 11.4 Å². The molecule has 1 aromatic heterocycles. The Bertz CT molecular complexity index is 234. The average molecular weight is 114 g/mol. The fraction of sp³-hybridized carbons (Fsp3) is 0.333. The standard InChI is InChI=1S/C3H6N4O/c1-7-3(8)5-2(4)6-7/h1H3,(H3,4,5,6,8). The van der Waals surface area contributed by atoms with Gasteiger partial charge in [-0.2, -0.15) is 0 Å². The second kappa shape index (κ2) is 1.36. The summed E-state index contributed by atoms with van der Waals surface area (Å²) in [7, 11) is 1.52. The fourth-order valence-electron chi connectivity index (χ4n) is 0.422. The molecule has 3 N–H and O–H groups in total. The van der Waals surface area contributed by atoms with E-state index < -0.39 is 0 Å². The molecule has 0 aliphatic carbocycles. The van der Waals surface area contributed by atoms with Gasteiger partial charge in [0.2, 0.25) is 5.95 Å². The summed E-state index contributed by atoms with van der Waals surface area (Å²) >= 11 is 0. The van der Waals surface area contributed by atoms with Gasteiger partial charge < -0.3 is 5.73 Å². The first-order chi connectivity index (χ1) is 3.70. The maximum atomic E-state index is 10.4. The fourth-order valence-corrected chi connectivity index (χ4v) is 0.422. The second-order valence-corrected chi connectivity index (χ2v) is 1.44. The number of hydrogen-bond donors (Lipinski definition) is 2. The molecule has 0 atom stereocenters. The summed E-state index contributed by atoms with van der Waals surface area (Å²) in [5.74, 6) is 0.150. The van der Waals surface area contributed by atoms with Gasteiger partial charge in [0.1, 0.15) is 0 Å². The van der Waals surface area contributed by atoms with E-state index in [9.17, 15) is 4.79 Å². The number of hydrogen-bond acceptors (Lipinski definition) is 3. The molecular weight excluding hydrogens is 108 g/mol. The lowest BCUT2D eigenvalue weighted by Gasteiger charge is -1.76. The molecule has 0 saturated carbocycles. The first-order valence-electron chi connectivity index (χ1n) is 2.09. The Balaban J connectivity index is 3.35. The SMILES string of the molecule is Cn1nc(N)[nH]c1=O. The predicted octanol–water partition coefficient (Wildman–Crippen LogP) is -1.31. The molecule has 0 aliphatic heterocycles. The van der Waals surface area contributed by atoms with Crippen LogP contribution >= 0.6 is 0 Å². The number of rotatable bonds is 0. The molecule has 0 fully saturated rings. The zero-order chi connectivity index (χ0) is 6.15. The van der Waals surface area contributed by atoms with Crippen molar-refractivity contribution < 1.29 is 0 Å². The minimum atomic E-state index is -0.289. The Morgan fingerprint density at radius 1 is 1.88 bits per heavy atom. The molecular formula is C3H6N4O. The normalized spacial score (nSPS) is 9.62. The summed E-state index contributed by atoms with van der Waals surface area (Å²) in [6, 6.07) is 0. The molecule has 0 saturated heterocycles. The minimum absolute atomic E-state index is 0.150. The molecule has 44 valence electrons. The van der Waals surface area contributed by atoms with Crippen LogP contribution in [-0.4, -0.2) is 14.8 Å². The Hall–Kier alpha value is -1.26. The molecule has 0 radical (unpaired) electrons. The summed E-state index contributed by atoms with van der Waals surface area (Å²) in [5, 5.41) is 3.54. The zero-order valence-electron chi connectivity index (χ0n) is 4.38. The van der Waals surface area contributed by atoms with Crippen molar-refractivity contribution in [3.05, 3.63) is 10.5 Å². The van der Waals surface area contributed by atoms with Crippen LogP contribution in [-0.2, 0) is 7.05 Å². The van der Waals surface area contributed by atoms with Gasteiger partial charge in [0.15, 0.2) is 0 Å². The molecule has 1 rings (SSSR count). The summed E-state index contributed by atoms with van der Waals surface area (Å²) in [6.07, 6.45) is 0. The van der Waals surface area contributed by atoms with Gasteiger partial charge >= 0.3 is 5.69 Å². The first-order valence-corrected chi connectivity index (χ1v) is 2.09. The van der Waals surface area contributed by atoms with Crippen LogP contribution in [0.15, 0.2) is 4.79 Å². The van der Waals surface area contributed by atoms with Gasteiger partial charge in [0.05, 0.1) is 0 Å². The number of anilines is 1. The molecule has 0 unspecified atom stereocenters. The number of aromatic nitrogens is 3. The van der Waals surface area contributed by atoms with Gasteiger partial charge in [-0.25, -0.2) is 9.48 Å². The van der Waals surface area contributed by atoms with E-state index >= 15 is 0 Å². The Morgan fingerprint density at radius 2 is 2.50 bits per heavy atom. The smallest absolute Gasteiger partial charge is 0.344 e. The van der Waals surface area contributed by atoms with Gasteiger partial charge in [-0.15, -0.1) is 5.10 Å². The van der Waals surface area contributed by atoms with Gasteiger partial charge in [-0.1, -0.05) is 0 Å². The van der Waals surface area contributed by atoms with Gasteiger partial charge in [0.25, 0.3) is 0 Å². The lowest BCUT2D eigenvalue weighted by Crippen LogP contribution is -2.13. The number of nitrogens with zero attached hydrogens (tertiary/aromatic N) is 2. The van der Waals surface area contributed by atoms with Crippen LogP contribution in [0.5, 0.6) is 0 Å². The van der Waals surface area contributed by atoms with Gasteiger partial charge in [-0.05, 0) is 0 Å². The number of H-pyrrole nitrogens is 1. The van der Waals surface area contributed by atoms with E-state index in [-0.39, 0.29) is 11.6 Å². The van der Waals surface area contributed by atoms with Crippen LogP contribution in [0.3, 0.4) is 0 Å². The molecule has 5 heteroatoms. The van der Waals surface area contributed by atoms with Crippen molar-refractivity contribution in [2.45, 2.75) is 0 Å². The molecule has 0 amide bonds. The molecule has 1 heterocycles. The monoisotopic (exact) mass is 114 g/mol. The lowest BCUT2D eigenvalue weighted by molar-refractivity contribution is 0.736. The molecule has 0 aliphatic rings. The zero-order valence-corrected chi connectivity index (χ0v) is 4.38. The molecule has 0 spiro atoms. The number of nitrogen functional groups attached to an aromatic ring is 1. The van der Waals surface area contributed by atoms with Crippen molar-refractivity contribution in [1.82, 2.24) is 14.8 Å². The second-order valence-electron chi connectivity index (χ2n) is 1.44. The van der Waals surface area contributed by atoms with E-state index in [1.165, 1.54) is 7.05 Å². The van der Waals surface area contributed by atoms with Crippen molar-refractivity contribution in [3.63, 3.8) is 0 Å². The Kier molecular flexibility index (Phi) is 0.831. The van der Waals surface area contributed by atoms with E-state index in [1.807, 2.05) is 0 Å². The minimum Gasteiger partial charge on any atom is -0.368 e. The Morgan fingerprint density at radius 3 is 2.62 bits per heavy atom. The van der Waals surface area contributed by atoms with Crippen LogP contribution in [0.4, 0.5) is 5.95 Å². The van der Waals surface area contributed by atoms with E-state index in [2.05, 4.69) is 10.1 Å². The predicted molar refractivity (Wildman–Crippen MR) is 28.2 cm³/mol. The topological polar surface area (TPSA) is 76.7 Å². The number of aromatic amines is 1. The van der Waals surface area contributed by atoms with E-state index in [4.69, 9.17) is 5.73 Å². The molecule has 0 aromatic carbocycles. The van der Waals surface area contributed by atoms with Crippen molar-refractivity contribution in [1.29, 1.82) is 0 Å². The maximum Gasteiger partial charge on any atom is 0.344 e. The summed E-state index contributed by atoms with van der Waals surface area (Å²) < 4.78 is 1.13. The number of nitrogens with one attached hydrogen (secondary N) is 1. The van der Waals surface area contributed by atoms with Gasteiger partial charge in [-0.3, -0.25) is 4.98 Å².